The maximum Gasteiger partial charge on any atom is 0.0829 e. The van der Waals surface area contributed by atoms with Crippen LogP contribution in [0, 0.1) is 0 Å². The maximum atomic E-state index is 5.72. The second-order valence-corrected chi connectivity index (χ2v) is 6.29. The highest BCUT2D eigenvalue weighted by Crippen LogP contribution is 2.30. The fraction of sp³-hybridized carbons (Fsp3) is 0.857. The molecule has 0 radical (unpaired) electrons. The first kappa shape index (κ1) is 14.9. The highest BCUT2D eigenvalue weighted by molar-refractivity contribution is 7.05. The maximum absolute atomic E-state index is 5.72. The van der Waals surface area contributed by atoms with Crippen molar-refractivity contribution in [3.8, 4) is 0 Å². The average molecular weight is 283 g/mol. The summed E-state index contributed by atoms with van der Waals surface area (Å²) in [7, 11) is 0. The normalized spacial score (nSPS) is 21.2. The van der Waals surface area contributed by atoms with Crippen LogP contribution in [0.3, 0.4) is 0 Å². The zero-order valence-corrected chi connectivity index (χ0v) is 13.0. The second-order valence-electron chi connectivity index (χ2n) is 5.50. The Balaban J connectivity index is 1.99. The molecule has 0 aromatic carbocycles. The molecule has 0 amide bonds. The van der Waals surface area contributed by atoms with Crippen molar-refractivity contribution in [1.82, 2.24) is 14.9 Å². The van der Waals surface area contributed by atoms with Crippen molar-refractivity contribution in [3.63, 3.8) is 0 Å². The Kier molecular flexibility index (Phi) is 5.73. The number of ether oxygens (including phenoxy) is 1. The first-order chi connectivity index (χ1) is 9.22. The van der Waals surface area contributed by atoms with Crippen LogP contribution in [0.2, 0.25) is 0 Å². The van der Waals surface area contributed by atoms with E-state index in [0.717, 1.165) is 31.7 Å². The van der Waals surface area contributed by atoms with Gasteiger partial charge in [0.15, 0.2) is 0 Å². The van der Waals surface area contributed by atoms with Gasteiger partial charge in [0.25, 0.3) is 0 Å². The molecule has 19 heavy (non-hydrogen) atoms. The Hall–Kier alpha value is -0.520. The molecule has 0 bridgehead atoms. The molecule has 2 heterocycles. The molecule has 1 aromatic rings. The van der Waals surface area contributed by atoms with E-state index in [2.05, 4.69) is 35.7 Å². The highest BCUT2D eigenvalue weighted by Gasteiger charge is 2.23. The van der Waals surface area contributed by atoms with E-state index in [1.165, 1.54) is 17.7 Å². The number of hydrogen-bond donors (Lipinski definition) is 1. The van der Waals surface area contributed by atoms with E-state index in [-0.39, 0.29) is 0 Å². The van der Waals surface area contributed by atoms with E-state index in [9.17, 15) is 0 Å². The monoisotopic (exact) mass is 283 g/mol. The summed E-state index contributed by atoms with van der Waals surface area (Å²) in [4.78, 5) is 1.31. The molecule has 4 nitrogen and oxygen atoms in total. The SMILES string of the molecule is CCNC(CCC1CCCO1)c1snnc1C(C)C. The quantitative estimate of drug-likeness (QED) is 0.834. The van der Waals surface area contributed by atoms with Gasteiger partial charge in [0, 0.05) is 12.6 Å². The molecule has 2 atom stereocenters. The molecule has 1 N–H and O–H groups in total. The van der Waals surface area contributed by atoms with Gasteiger partial charge >= 0.3 is 0 Å². The fourth-order valence-electron chi connectivity index (χ4n) is 2.64. The minimum Gasteiger partial charge on any atom is -0.378 e. The summed E-state index contributed by atoms with van der Waals surface area (Å²) in [6.45, 7) is 8.44. The van der Waals surface area contributed by atoms with Crippen molar-refractivity contribution < 1.29 is 4.74 Å². The van der Waals surface area contributed by atoms with E-state index in [0.29, 0.717) is 18.1 Å². The van der Waals surface area contributed by atoms with Gasteiger partial charge in [-0.25, -0.2) is 0 Å². The van der Waals surface area contributed by atoms with Crippen LogP contribution in [0.15, 0.2) is 0 Å². The Morgan fingerprint density at radius 2 is 2.32 bits per heavy atom. The predicted molar refractivity (Wildman–Crippen MR) is 78.6 cm³/mol. The van der Waals surface area contributed by atoms with Crippen molar-refractivity contribution in [1.29, 1.82) is 0 Å². The lowest BCUT2D eigenvalue weighted by Gasteiger charge is -2.19. The predicted octanol–water partition coefficient (Wildman–Crippen LogP) is 3.27. The zero-order valence-electron chi connectivity index (χ0n) is 12.2. The second kappa shape index (κ2) is 7.31. The summed E-state index contributed by atoms with van der Waals surface area (Å²) >= 11 is 1.54. The smallest absolute Gasteiger partial charge is 0.0829 e. The molecule has 1 aromatic heterocycles. The number of rotatable bonds is 7. The Morgan fingerprint density at radius 3 is 2.95 bits per heavy atom. The van der Waals surface area contributed by atoms with Gasteiger partial charge in [0.05, 0.1) is 16.7 Å². The lowest BCUT2D eigenvalue weighted by atomic mass is 10.0. The van der Waals surface area contributed by atoms with Crippen molar-refractivity contribution in [3.05, 3.63) is 10.6 Å². The molecule has 2 rings (SSSR count). The van der Waals surface area contributed by atoms with Gasteiger partial charge in [-0.05, 0) is 49.7 Å². The Bertz CT molecular complexity index is 375. The largest absolute Gasteiger partial charge is 0.378 e. The standard InChI is InChI=1S/C14H25N3OS/c1-4-15-12(8-7-11-6-5-9-18-11)14-13(10(2)3)16-17-19-14/h10-12,15H,4-9H2,1-3H3. The van der Waals surface area contributed by atoms with Crippen LogP contribution in [0.25, 0.3) is 0 Å². The van der Waals surface area contributed by atoms with Crippen molar-refractivity contribution in [2.75, 3.05) is 13.2 Å². The summed E-state index contributed by atoms with van der Waals surface area (Å²) in [5, 5.41) is 7.87. The zero-order chi connectivity index (χ0) is 13.7. The molecule has 5 heteroatoms. The number of nitrogens with one attached hydrogen (secondary N) is 1. The van der Waals surface area contributed by atoms with Crippen LogP contribution in [0.1, 0.15) is 69.0 Å². The van der Waals surface area contributed by atoms with Crippen LogP contribution < -0.4 is 5.32 Å². The van der Waals surface area contributed by atoms with Crippen molar-refractivity contribution in [2.45, 2.75) is 64.5 Å². The third-order valence-corrected chi connectivity index (χ3v) is 4.51. The minimum absolute atomic E-state index is 0.381. The first-order valence-corrected chi connectivity index (χ1v) is 8.16. The fourth-order valence-corrected chi connectivity index (χ4v) is 3.56. The van der Waals surface area contributed by atoms with Gasteiger partial charge < -0.3 is 10.1 Å². The van der Waals surface area contributed by atoms with Gasteiger partial charge in [-0.3, -0.25) is 0 Å². The summed E-state index contributed by atoms with van der Waals surface area (Å²) < 4.78 is 9.87. The first-order valence-electron chi connectivity index (χ1n) is 7.39. The van der Waals surface area contributed by atoms with Gasteiger partial charge in [-0.1, -0.05) is 25.3 Å². The molecule has 0 saturated carbocycles. The van der Waals surface area contributed by atoms with Crippen LogP contribution in [-0.4, -0.2) is 28.8 Å². The molecule has 1 fully saturated rings. The summed E-state index contributed by atoms with van der Waals surface area (Å²) in [5.74, 6) is 0.442. The van der Waals surface area contributed by atoms with E-state index >= 15 is 0 Å². The van der Waals surface area contributed by atoms with E-state index in [1.807, 2.05) is 0 Å². The van der Waals surface area contributed by atoms with E-state index in [4.69, 9.17) is 4.74 Å². The molecular weight excluding hydrogens is 258 g/mol. The number of aromatic nitrogens is 2. The van der Waals surface area contributed by atoms with Gasteiger partial charge in [0.2, 0.25) is 0 Å². The van der Waals surface area contributed by atoms with Gasteiger partial charge in [-0.15, -0.1) is 5.10 Å². The topological polar surface area (TPSA) is 47.0 Å². The lowest BCUT2D eigenvalue weighted by Crippen LogP contribution is -2.23. The third kappa shape index (κ3) is 3.97. The number of hydrogen-bond acceptors (Lipinski definition) is 5. The van der Waals surface area contributed by atoms with Crippen molar-refractivity contribution >= 4 is 11.5 Å². The molecule has 0 spiro atoms. The molecule has 2 unspecified atom stereocenters. The molecular formula is C14H25N3OS. The highest BCUT2D eigenvalue weighted by atomic mass is 32.1. The molecule has 0 aliphatic carbocycles. The summed E-state index contributed by atoms with van der Waals surface area (Å²) in [5.41, 5.74) is 1.16. The minimum atomic E-state index is 0.381. The Morgan fingerprint density at radius 1 is 1.47 bits per heavy atom. The van der Waals surface area contributed by atoms with E-state index in [1.54, 1.807) is 11.5 Å². The van der Waals surface area contributed by atoms with Crippen LogP contribution >= 0.6 is 11.5 Å². The molecule has 1 saturated heterocycles. The van der Waals surface area contributed by atoms with Crippen molar-refractivity contribution in [2.24, 2.45) is 0 Å². The van der Waals surface area contributed by atoms with Gasteiger partial charge in [0.1, 0.15) is 0 Å². The van der Waals surface area contributed by atoms with Crippen LogP contribution in [0.5, 0.6) is 0 Å². The summed E-state index contributed by atoms with van der Waals surface area (Å²) in [6, 6.07) is 0.381. The van der Waals surface area contributed by atoms with Gasteiger partial charge in [-0.2, -0.15) is 0 Å². The van der Waals surface area contributed by atoms with Crippen LogP contribution in [0.4, 0.5) is 0 Å². The number of nitrogens with zero attached hydrogens (tertiary/aromatic N) is 2. The lowest BCUT2D eigenvalue weighted by molar-refractivity contribution is 0.0997. The average Bonchev–Trinajstić information content (AvgIpc) is 3.05. The Labute approximate surface area is 120 Å². The molecule has 1 aliphatic heterocycles. The van der Waals surface area contributed by atoms with Crippen LogP contribution in [-0.2, 0) is 4.74 Å². The molecule has 108 valence electrons. The molecule has 1 aliphatic rings. The third-order valence-electron chi connectivity index (χ3n) is 3.66. The van der Waals surface area contributed by atoms with E-state index < -0.39 is 0 Å². The summed E-state index contributed by atoms with van der Waals surface area (Å²) in [6.07, 6.45) is 5.14.